The van der Waals surface area contributed by atoms with Crippen LogP contribution in [0, 0.1) is 11.8 Å². The maximum Gasteiger partial charge on any atom is 0.250 e. The van der Waals surface area contributed by atoms with Crippen molar-refractivity contribution in [2.75, 3.05) is 0 Å². The molecule has 2 atom stereocenters. The van der Waals surface area contributed by atoms with Crippen molar-refractivity contribution in [3.05, 3.63) is 12.2 Å². The topological polar surface area (TPSA) is 92.3 Å². The number of nitrogens with one attached hydrogen (secondary N) is 2. The van der Waals surface area contributed by atoms with Crippen molar-refractivity contribution >= 4 is 23.6 Å². The Bertz CT molecular complexity index is 352. The Balaban J connectivity index is 0.000000165. The van der Waals surface area contributed by atoms with Crippen molar-refractivity contribution in [3.8, 4) is 0 Å². The standard InChI is InChI=1S/C6H9NO2.C4H3NO2/c1-3-4(2)6(9)7-5(3)8;6-3-1-2-4(7)5-3/h3-4H,1-2H3,(H,7,8,9);1-2H,(H,5,6,7). The molecule has 0 aromatic heterocycles. The largest absolute Gasteiger partial charge is 0.296 e. The molecule has 2 aliphatic heterocycles. The predicted molar refractivity (Wildman–Crippen MR) is 53.8 cm³/mol. The van der Waals surface area contributed by atoms with Gasteiger partial charge in [0.05, 0.1) is 0 Å². The Morgan fingerprint density at radius 1 is 0.812 bits per heavy atom. The number of hydrogen-bond acceptors (Lipinski definition) is 4. The molecule has 1 fully saturated rings. The van der Waals surface area contributed by atoms with Crippen molar-refractivity contribution in [1.82, 2.24) is 10.6 Å². The minimum Gasteiger partial charge on any atom is -0.296 e. The Labute approximate surface area is 92.1 Å². The van der Waals surface area contributed by atoms with Crippen LogP contribution in [0.25, 0.3) is 0 Å². The molecular weight excluding hydrogens is 212 g/mol. The molecule has 6 heteroatoms. The molecule has 0 radical (unpaired) electrons. The maximum absolute atomic E-state index is 10.7. The van der Waals surface area contributed by atoms with Gasteiger partial charge in [0.1, 0.15) is 0 Å². The van der Waals surface area contributed by atoms with Gasteiger partial charge in [-0.2, -0.15) is 0 Å². The van der Waals surface area contributed by atoms with Gasteiger partial charge in [-0.3, -0.25) is 29.8 Å². The van der Waals surface area contributed by atoms with Gasteiger partial charge in [-0.05, 0) is 0 Å². The number of imide groups is 2. The van der Waals surface area contributed by atoms with Crippen LogP contribution in [-0.4, -0.2) is 23.6 Å². The lowest BCUT2D eigenvalue weighted by atomic mass is 10.00. The summed E-state index contributed by atoms with van der Waals surface area (Å²) in [5.74, 6) is -1.23. The number of rotatable bonds is 0. The van der Waals surface area contributed by atoms with E-state index in [-0.39, 0.29) is 35.5 Å². The van der Waals surface area contributed by atoms with E-state index in [2.05, 4.69) is 5.32 Å². The highest BCUT2D eigenvalue weighted by Gasteiger charge is 2.34. The molecule has 2 aliphatic rings. The van der Waals surface area contributed by atoms with Crippen LogP contribution in [0.5, 0.6) is 0 Å². The molecule has 0 aromatic carbocycles. The highest BCUT2D eigenvalue weighted by Crippen LogP contribution is 2.16. The molecule has 1 saturated heterocycles. The van der Waals surface area contributed by atoms with Crippen LogP contribution in [0.1, 0.15) is 13.8 Å². The lowest BCUT2D eigenvalue weighted by molar-refractivity contribution is -0.126. The van der Waals surface area contributed by atoms with E-state index in [1.54, 1.807) is 13.8 Å². The van der Waals surface area contributed by atoms with Crippen molar-refractivity contribution in [3.63, 3.8) is 0 Å². The fourth-order valence-electron chi connectivity index (χ4n) is 1.16. The summed E-state index contributed by atoms with van der Waals surface area (Å²) in [4.78, 5) is 41.4. The average molecular weight is 224 g/mol. The summed E-state index contributed by atoms with van der Waals surface area (Å²) in [6, 6.07) is 0. The molecule has 0 aromatic rings. The molecule has 2 heterocycles. The minimum atomic E-state index is -0.329. The number of carbonyl (C=O) groups is 4. The molecule has 2 N–H and O–H groups in total. The van der Waals surface area contributed by atoms with Gasteiger partial charge in [0, 0.05) is 24.0 Å². The third-order valence-electron chi connectivity index (χ3n) is 2.46. The third-order valence-corrected chi connectivity index (χ3v) is 2.46. The monoisotopic (exact) mass is 224 g/mol. The van der Waals surface area contributed by atoms with Gasteiger partial charge in [-0.1, -0.05) is 13.8 Å². The molecule has 2 unspecified atom stereocenters. The van der Waals surface area contributed by atoms with Crippen molar-refractivity contribution in [2.45, 2.75) is 13.8 Å². The zero-order chi connectivity index (χ0) is 12.3. The smallest absolute Gasteiger partial charge is 0.250 e. The van der Waals surface area contributed by atoms with Crippen LogP contribution in [0.3, 0.4) is 0 Å². The Morgan fingerprint density at radius 3 is 1.31 bits per heavy atom. The van der Waals surface area contributed by atoms with E-state index < -0.39 is 0 Å². The molecule has 6 nitrogen and oxygen atoms in total. The van der Waals surface area contributed by atoms with E-state index >= 15 is 0 Å². The lowest BCUT2D eigenvalue weighted by Crippen LogP contribution is -2.21. The molecule has 4 amide bonds. The van der Waals surface area contributed by atoms with Crippen LogP contribution in [-0.2, 0) is 19.2 Å². The van der Waals surface area contributed by atoms with Gasteiger partial charge in [-0.25, -0.2) is 0 Å². The number of amides is 4. The summed E-state index contributed by atoms with van der Waals surface area (Å²) in [6.45, 7) is 3.51. The highest BCUT2D eigenvalue weighted by atomic mass is 16.2. The van der Waals surface area contributed by atoms with Crippen molar-refractivity contribution in [2.24, 2.45) is 11.8 Å². The fraction of sp³-hybridized carbons (Fsp3) is 0.400. The van der Waals surface area contributed by atoms with Gasteiger partial charge in [0.25, 0.3) is 11.8 Å². The van der Waals surface area contributed by atoms with Crippen LogP contribution < -0.4 is 10.6 Å². The summed E-state index contributed by atoms with van der Waals surface area (Å²) in [5, 5.41) is 4.27. The van der Waals surface area contributed by atoms with E-state index in [4.69, 9.17) is 0 Å². The SMILES string of the molecule is CC1C(=O)NC(=O)C1C.O=C1C=CC(=O)N1. The van der Waals surface area contributed by atoms with E-state index in [9.17, 15) is 19.2 Å². The fourth-order valence-corrected chi connectivity index (χ4v) is 1.16. The second-order valence-corrected chi connectivity index (χ2v) is 3.62. The molecule has 0 aliphatic carbocycles. The first kappa shape index (κ1) is 12.1. The van der Waals surface area contributed by atoms with Gasteiger partial charge >= 0.3 is 0 Å². The highest BCUT2D eigenvalue weighted by molar-refractivity contribution is 6.12. The van der Waals surface area contributed by atoms with E-state index in [0.717, 1.165) is 0 Å². The molecule has 0 saturated carbocycles. The molecule has 2 rings (SSSR count). The first-order valence-corrected chi connectivity index (χ1v) is 4.79. The van der Waals surface area contributed by atoms with Gasteiger partial charge in [0.2, 0.25) is 11.8 Å². The average Bonchev–Trinajstić information content (AvgIpc) is 2.68. The first-order valence-electron chi connectivity index (χ1n) is 4.79. The first-order chi connectivity index (χ1) is 7.41. The molecule has 0 spiro atoms. The summed E-state index contributed by atoms with van der Waals surface area (Å²) in [6.07, 6.45) is 2.39. The van der Waals surface area contributed by atoms with Gasteiger partial charge in [0.15, 0.2) is 0 Å². The number of carbonyl (C=O) groups excluding carboxylic acids is 4. The Kier molecular flexibility index (Phi) is 3.55. The Hall–Kier alpha value is -1.98. The second kappa shape index (κ2) is 4.69. The molecule has 0 bridgehead atoms. The van der Waals surface area contributed by atoms with Crippen molar-refractivity contribution < 1.29 is 19.2 Å². The van der Waals surface area contributed by atoms with Crippen LogP contribution in [0.4, 0.5) is 0 Å². The Morgan fingerprint density at radius 2 is 1.19 bits per heavy atom. The van der Waals surface area contributed by atoms with Crippen molar-refractivity contribution in [1.29, 1.82) is 0 Å². The van der Waals surface area contributed by atoms with Gasteiger partial charge < -0.3 is 0 Å². The zero-order valence-electron chi connectivity index (χ0n) is 8.94. The minimum absolute atomic E-state index is 0.141. The van der Waals surface area contributed by atoms with Crippen LogP contribution in [0.15, 0.2) is 12.2 Å². The number of hydrogen-bond donors (Lipinski definition) is 2. The maximum atomic E-state index is 10.7. The quantitative estimate of drug-likeness (QED) is 0.522. The van der Waals surface area contributed by atoms with Crippen LogP contribution in [0.2, 0.25) is 0 Å². The molecule has 86 valence electrons. The van der Waals surface area contributed by atoms with Crippen LogP contribution >= 0.6 is 0 Å². The molecular formula is C10H12N2O4. The van der Waals surface area contributed by atoms with E-state index in [0.29, 0.717) is 0 Å². The zero-order valence-corrected chi connectivity index (χ0v) is 8.94. The summed E-state index contributed by atoms with van der Waals surface area (Å²) < 4.78 is 0. The summed E-state index contributed by atoms with van der Waals surface area (Å²) in [7, 11) is 0. The molecule has 16 heavy (non-hydrogen) atoms. The van der Waals surface area contributed by atoms with E-state index in [1.165, 1.54) is 12.2 Å². The third kappa shape index (κ3) is 2.75. The lowest BCUT2D eigenvalue weighted by Gasteiger charge is -1.99. The predicted octanol–water partition coefficient (Wildman–Crippen LogP) is -0.886. The summed E-state index contributed by atoms with van der Waals surface area (Å²) >= 11 is 0. The second-order valence-electron chi connectivity index (χ2n) is 3.62. The normalized spacial score (nSPS) is 27.4. The van der Waals surface area contributed by atoms with E-state index in [1.807, 2.05) is 5.32 Å². The van der Waals surface area contributed by atoms with Gasteiger partial charge in [-0.15, -0.1) is 0 Å². The summed E-state index contributed by atoms with van der Waals surface area (Å²) in [5.41, 5.74) is 0.